The number of hydrogen-bond acceptors (Lipinski definition) is 4. The zero-order chi connectivity index (χ0) is 13.5. The molecular formula is C12H18FN3O2. The molecule has 0 aromatic heterocycles. The van der Waals surface area contributed by atoms with Crippen molar-refractivity contribution in [2.24, 2.45) is 5.73 Å². The van der Waals surface area contributed by atoms with Crippen LogP contribution >= 0.6 is 0 Å². The maximum atomic E-state index is 13.3. The quantitative estimate of drug-likeness (QED) is 0.508. The maximum Gasteiger partial charge on any atom is 0.217 e. The Morgan fingerprint density at radius 3 is 2.78 bits per heavy atom. The van der Waals surface area contributed by atoms with Gasteiger partial charge in [0.2, 0.25) is 5.91 Å². The zero-order valence-electron chi connectivity index (χ0n) is 10.3. The number of rotatable bonds is 7. The standard InChI is InChI=1S/C12H18FN3O2/c1-18-11-7-10(9(14)6-8(11)13)16-5-3-2-4-12(15)17/h6-7,16H,2-5,14H2,1H3,(H2,15,17). The predicted molar refractivity (Wildman–Crippen MR) is 68.9 cm³/mol. The van der Waals surface area contributed by atoms with Crippen molar-refractivity contribution in [1.29, 1.82) is 0 Å². The molecule has 0 aliphatic heterocycles. The lowest BCUT2D eigenvalue weighted by molar-refractivity contribution is -0.118. The van der Waals surface area contributed by atoms with Crippen LogP contribution in [0.3, 0.4) is 0 Å². The van der Waals surface area contributed by atoms with E-state index in [9.17, 15) is 9.18 Å². The van der Waals surface area contributed by atoms with Gasteiger partial charge in [0.05, 0.1) is 18.5 Å². The molecule has 1 aromatic carbocycles. The van der Waals surface area contributed by atoms with Gasteiger partial charge in [-0.2, -0.15) is 0 Å². The van der Waals surface area contributed by atoms with Crippen molar-refractivity contribution in [2.45, 2.75) is 19.3 Å². The summed E-state index contributed by atoms with van der Waals surface area (Å²) >= 11 is 0. The number of unbranched alkanes of at least 4 members (excludes halogenated alkanes) is 1. The van der Waals surface area contributed by atoms with Crippen molar-refractivity contribution in [3.8, 4) is 5.75 Å². The first kappa shape index (κ1) is 14.1. The molecule has 0 radical (unpaired) electrons. The molecule has 0 unspecified atom stereocenters. The number of nitrogens with two attached hydrogens (primary N) is 2. The summed E-state index contributed by atoms with van der Waals surface area (Å²) in [5.41, 5.74) is 11.6. The van der Waals surface area contributed by atoms with Gasteiger partial charge in [-0.15, -0.1) is 0 Å². The summed E-state index contributed by atoms with van der Waals surface area (Å²) in [5.74, 6) is -0.656. The van der Waals surface area contributed by atoms with Gasteiger partial charge in [-0.25, -0.2) is 4.39 Å². The summed E-state index contributed by atoms with van der Waals surface area (Å²) < 4.78 is 18.1. The molecule has 1 rings (SSSR count). The Labute approximate surface area is 105 Å². The Morgan fingerprint density at radius 1 is 1.44 bits per heavy atom. The number of halogens is 1. The van der Waals surface area contributed by atoms with Crippen LogP contribution in [0.15, 0.2) is 12.1 Å². The molecule has 0 aliphatic carbocycles. The van der Waals surface area contributed by atoms with E-state index in [1.807, 2.05) is 0 Å². The van der Waals surface area contributed by atoms with Gasteiger partial charge in [0, 0.05) is 25.1 Å². The number of carbonyl (C=O) groups is 1. The van der Waals surface area contributed by atoms with E-state index in [4.69, 9.17) is 16.2 Å². The molecule has 0 saturated carbocycles. The molecule has 0 atom stereocenters. The molecule has 5 N–H and O–H groups in total. The number of hydrogen-bond donors (Lipinski definition) is 3. The molecule has 0 saturated heterocycles. The monoisotopic (exact) mass is 255 g/mol. The topological polar surface area (TPSA) is 90.4 Å². The molecule has 1 amide bonds. The summed E-state index contributed by atoms with van der Waals surface area (Å²) in [7, 11) is 1.39. The van der Waals surface area contributed by atoms with Crippen molar-refractivity contribution in [3.05, 3.63) is 17.9 Å². The van der Waals surface area contributed by atoms with Gasteiger partial charge < -0.3 is 21.5 Å². The van der Waals surface area contributed by atoms with Crippen molar-refractivity contribution >= 4 is 17.3 Å². The molecule has 6 heteroatoms. The second-order valence-electron chi connectivity index (χ2n) is 3.92. The Balaban J connectivity index is 2.49. The highest BCUT2D eigenvalue weighted by molar-refractivity contribution is 5.73. The first-order valence-electron chi connectivity index (χ1n) is 5.69. The van der Waals surface area contributed by atoms with Gasteiger partial charge in [0.25, 0.3) is 0 Å². The van der Waals surface area contributed by atoms with Gasteiger partial charge >= 0.3 is 0 Å². The number of benzene rings is 1. The number of methoxy groups -OCH3 is 1. The molecule has 0 aliphatic rings. The molecule has 0 heterocycles. The highest BCUT2D eigenvalue weighted by atomic mass is 19.1. The first-order valence-corrected chi connectivity index (χ1v) is 5.69. The fourth-order valence-electron chi connectivity index (χ4n) is 1.53. The molecular weight excluding hydrogens is 237 g/mol. The van der Waals surface area contributed by atoms with E-state index in [1.165, 1.54) is 19.2 Å². The maximum absolute atomic E-state index is 13.3. The van der Waals surface area contributed by atoms with Gasteiger partial charge in [0.1, 0.15) is 0 Å². The van der Waals surface area contributed by atoms with E-state index >= 15 is 0 Å². The second kappa shape index (κ2) is 6.68. The third kappa shape index (κ3) is 4.12. The average molecular weight is 255 g/mol. The lowest BCUT2D eigenvalue weighted by Crippen LogP contribution is -2.11. The van der Waals surface area contributed by atoms with Crippen LogP contribution in [0, 0.1) is 5.82 Å². The summed E-state index contributed by atoms with van der Waals surface area (Å²) in [6, 6.07) is 2.73. The van der Waals surface area contributed by atoms with Crippen LogP contribution in [0.5, 0.6) is 5.75 Å². The number of primary amides is 1. The average Bonchev–Trinajstić information content (AvgIpc) is 2.30. The zero-order valence-corrected chi connectivity index (χ0v) is 10.3. The van der Waals surface area contributed by atoms with Gasteiger partial charge in [0.15, 0.2) is 11.6 Å². The van der Waals surface area contributed by atoms with E-state index < -0.39 is 5.82 Å². The fourth-order valence-corrected chi connectivity index (χ4v) is 1.53. The molecule has 0 fully saturated rings. The largest absolute Gasteiger partial charge is 0.494 e. The van der Waals surface area contributed by atoms with E-state index in [0.29, 0.717) is 30.8 Å². The lowest BCUT2D eigenvalue weighted by Gasteiger charge is -2.11. The Morgan fingerprint density at radius 2 is 2.17 bits per heavy atom. The van der Waals surface area contributed by atoms with E-state index in [2.05, 4.69) is 5.32 Å². The van der Waals surface area contributed by atoms with Crippen LogP contribution in [-0.4, -0.2) is 19.6 Å². The minimum Gasteiger partial charge on any atom is -0.494 e. The van der Waals surface area contributed by atoms with Crippen LogP contribution in [-0.2, 0) is 4.79 Å². The van der Waals surface area contributed by atoms with Crippen molar-refractivity contribution in [2.75, 3.05) is 24.7 Å². The smallest absolute Gasteiger partial charge is 0.217 e. The first-order chi connectivity index (χ1) is 8.54. The summed E-state index contributed by atoms with van der Waals surface area (Å²) in [5, 5.41) is 3.06. The van der Waals surface area contributed by atoms with Gasteiger partial charge in [-0.05, 0) is 12.8 Å². The molecule has 5 nitrogen and oxygen atoms in total. The van der Waals surface area contributed by atoms with Gasteiger partial charge in [-0.1, -0.05) is 0 Å². The number of anilines is 2. The Bertz CT molecular complexity index is 424. The van der Waals surface area contributed by atoms with Crippen LogP contribution in [0.2, 0.25) is 0 Å². The predicted octanol–water partition coefficient (Wildman–Crippen LogP) is 1.48. The number of ether oxygens (including phenoxy) is 1. The van der Waals surface area contributed by atoms with Crippen LogP contribution < -0.4 is 21.5 Å². The summed E-state index contributed by atoms with van der Waals surface area (Å²) in [4.78, 5) is 10.5. The van der Waals surface area contributed by atoms with Crippen molar-refractivity contribution < 1.29 is 13.9 Å². The van der Waals surface area contributed by atoms with E-state index in [1.54, 1.807) is 0 Å². The number of nitrogen functional groups attached to an aromatic ring is 1. The second-order valence-corrected chi connectivity index (χ2v) is 3.92. The van der Waals surface area contributed by atoms with E-state index in [-0.39, 0.29) is 11.7 Å². The molecule has 0 bridgehead atoms. The number of amides is 1. The third-order valence-corrected chi connectivity index (χ3v) is 2.49. The summed E-state index contributed by atoms with van der Waals surface area (Å²) in [6.45, 7) is 0.631. The SMILES string of the molecule is COc1cc(NCCCCC(N)=O)c(N)cc1F. The van der Waals surface area contributed by atoms with Crippen molar-refractivity contribution in [1.82, 2.24) is 0 Å². The number of carbonyl (C=O) groups excluding carboxylic acids is 1. The summed E-state index contributed by atoms with van der Waals surface area (Å²) in [6.07, 6.45) is 1.85. The van der Waals surface area contributed by atoms with Crippen LogP contribution in [0.4, 0.5) is 15.8 Å². The highest BCUT2D eigenvalue weighted by Gasteiger charge is 2.07. The minimum atomic E-state index is -0.491. The van der Waals surface area contributed by atoms with E-state index in [0.717, 1.165) is 6.42 Å². The third-order valence-electron chi connectivity index (χ3n) is 2.49. The van der Waals surface area contributed by atoms with Gasteiger partial charge in [-0.3, -0.25) is 4.79 Å². The highest BCUT2D eigenvalue weighted by Crippen LogP contribution is 2.27. The normalized spacial score (nSPS) is 10.1. The van der Waals surface area contributed by atoms with Crippen LogP contribution in [0.25, 0.3) is 0 Å². The molecule has 0 spiro atoms. The lowest BCUT2D eigenvalue weighted by atomic mass is 10.2. The molecule has 1 aromatic rings. The Kier molecular flexibility index (Phi) is 5.23. The fraction of sp³-hybridized carbons (Fsp3) is 0.417. The van der Waals surface area contributed by atoms with Crippen molar-refractivity contribution in [3.63, 3.8) is 0 Å². The Hall–Kier alpha value is -1.98. The minimum absolute atomic E-state index is 0.142. The van der Waals surface area contributed by atoms with Crippen LogP contribution in [0.1, 0.15) is 19.3 Å². The molecule has 18 heavy (non-hydrogen) atoms. The molecule has 100 valence electrons. The number of nitrogens with one attached hydrogen (secondary N) is 1.